The minimum absolute atomic E-state index is 0.518. The van der Waals surface area contributed by atoms with Crippen LogP contribution in [0, 0.1) is 0 Å². The molecule has 0 aliphatic rings. The molecule has 0 amide bonds. The summed E-state index contributed by atoms with van der Waals surface area (Å²) in [7, 11) is 0. The largest absolute Gasteiger partial charge is 0.382 e. The molecule has 0 saturated heterocycles. The SMILES string of the molecule is CCCCc1nc2c(N)nc3ccsc3c2[nH]1. The molecule has 3 heterocycles. The highest BCUT2D eigenvalue weighted by atomic mass is 32.1. The normalized spacial score (nSPS) is 11.6. The first-order valence-electron chi connectivity index (χ1n) is 5.81. The van der Waals surface area contributed by atoms with E-state index in [1.54, 1.807) is 11.3 Å². The Bertz CT molecular complexity index is 668. The number of H-pyrrole nitrogens is 1. The highest BCUT2D eigenvalue weighted by Gasteiger charge is 2.11. The van der Waals surface area contributed by atoms with E-state index in [-0.39, 0.29) is 0 Å². The van der Waals surface area contributed by atoms with Crippen LogP contribution in [0.15, 0.2) is 11.4 Å². The molecular formula is C12H14N4S. The molecule has 5 heteroatoms. The maximum atomic E-state index is 5.93. The molecule has 3 aromatic rings. The van der Waals surface area contributed by atoms with E-state index in [0.29, 0.717) is 5.82 Å². The van der Waals surface area contributed by atoms with Crippen molar-refractivity contribution in [3.05, 3.63) is 17.3 Å². The average Bonchev–Trinajstić information content (AvgIpc) is 2.91. The number of unbranched alkanes of at least 4 members (excludes halogenated alkanes) is 1. The van der Waals surface area contributed by atoms with Crippen LogP contribution in [0.5, 0.6) is 0 Å². The summed E-state index contributed by atoms with van der Waals surface area (Å²) in [5.41, 5.74) is 8.73. The zero-order valence-electron chi connectivity index (χ0n) is 9.66. The van der Waals surface area contributed by atoms with Gasteiger partial charge in [0, 0.05) is 6.42 Å². The van der Waals surface area contributed by atoms with Gasteiger partial charge < -0.3 is 10.7 Å². The lowest BCUT2D eigenvalue weighted by molar-refractivity contribution is 0.765. The van der Waals surface area contributed by atoms with Crippen LogP contribution in [-0.4, -0.2) is 15.0 Å². The summed E-state index contributed by atoms with van der Waals surface area (Å²) in [5, 5.41) is 2.03. The number of rotatable bonds is 3. The van der Waals surface area contributed by atoms with Crippen LogP contribution in [0.2, 0.25) is 0 Å². The first-order valence-corrected chi connectivity index (χ1v) is 6.69. The van der Waals surface area contributed by atoms with Gasteiger partial charge in [-0.25, -0.2) is 9.97 Å². The number of aryl methyl sites for hydroxylation is 1. The van der Waals surface area contributed by atoms with Gasteiger partial charge >= 0.3 is 0 Å². The maximum absolute atomic E-state index is 5.93. The molecule has 4 nitrogen and oxygen atoms in total. The molecule has 0 aliphatic carbocycles. The van der Waals surface area contributed by atoms with Crippen molar-refractivity contribution in [2.45, 2.75) is 26.2 Å². The van der Waals surface area contributed by atoms with Crippen LogP contribution in [0.1, 0.15) is 25.6 Å². The topological polar surface area (TPSA) is 67.6 Å². The highest BCUT2D eigenvalue weighted by Crippen LogP contribution is 2.30. The van der Waals surface area contributed by atoms with Gasteiger partial charge in [-0.1, -0.05) is 13.3 Å². The highest BCUT2D eigenvalue weighted by molar-refractivity contribution is 7.18. The van der Waals surface area contributed by atoms with Crippen molar-refractivity contribution in [1.82, 2.24) is 15.0 Å². The van der Waals surface area contributed by atoms with Crippen molar-refractivity contribution in [2.24, 2.45) is 0 Å². The fourth-order valence-electron chi connectivity index (χ4n) is 1.99. The molecule has 0 atom stereocenters. The quantitative estimate of drug-likeness (QED) is 0.746. The summed E-state index contributed by atoms with van der Waals surface area (Å²) in [6.07, 6.45) is 3.28. The van der Waals surface area contributed by atoms with Gasteiger partial charge in [-0.3, -0.25) is 0 Å². The number of nitrogens with zero attached hydrogens (tertiary/aromatic N) is 2. The van der Waals surface area contributed by atoms with Crippen LogP contribution in [0.25, 0.3) is 21.3 Å². The number of pyridine rings is 1. The lowest BCUT2D eigenvalue weighted by Gasteiger charge is -1.94. The van der Waals surface area contributed by atoms with Crippen LogP contribution >= 0.6 is 11.3 Å². The number of nitrogen functional groups attached to an aromatic ring is 1. The predicted octanol–water partition coefficient (Wildman–Crippen LogP) is 3.10. The van der Waals surface area contributed by atoms with Gasteiger partial charge in [-0.2, -0.15) is 0 Å². The molecule has 0 saturated carbocycles. The van der Waals surface area contributed by atoms with Crippen molar-refractivity contribution in [3.63, 3.8) is 0 Å². The van der Waals surface area contributed by atoms with Gasteiger partial charge in [0.15, 0.2) is 5.82 Å². The lowest BCUT2D eigenvalue weighted by atomic mass is 10.2. The Labute approximate surface area is 103 Å². The van der Waals surface area contributed by atoms with Crippen molar-refractivity contribution < 1.29 is 0 Å². The van der Waals surface area contributed by atoms with Crippen LogP contribution in [-0.2, 0) is 6.42 Å². The van der Waals surface area contributed by atoms with Gasteiger partial charge in [-0.05, 0) is 17.9 Å². The van der Waals surface area contributed by atoms with Gasteiger partial charge in [0.1, 0.15) is 11.3 Å². The zero-order chi connectivity index (χ0) is 11.8. The van der Waals surface area contributed by atoms with E-state index in [1.807, 2.05) is 11.4 Å². The Morgan fingerprint density at radius 3 is 3.12 bits per heavy atom. The smallest absolute Gasteiger partial charge is 0.152 e. The number of nitrogens with one attached hydrogen (secondary N) is 1. The van der Waals surface area contributed by atoms with Crippen molar-refractivity contribution in [3.8, 4) is 0 Å². The van der Waals surface area contributed by atoms with Crippen LogP contribution < -0.4 is 5.73 Å². The Morgan fingerprint density at radius 1 is 1.41 bits per heavy atom. The summed E-state index contributed by atoms with van der Waals surface area (Å²) in [6.45, 7) is 2.18. The number of aromatic nitrogens is 3. The Hall–Kier alpha value is -1.62. The third-order valence-corrected chi connectivity index (χ3v) is 3.80. The van der Waals surface area contributed by atoms with Crippen molar-refractivity contribution in [1.29, 1.82) is 0 Å². The van der Waals surface area contributed by atoms with Gasteiger partial charge in [0.25, 0.3) is 0 Å². The average molecular weight is 246 g/mol. The third kappa shape index (κ3) is 1.67. The summed E-state index contributed by atoms with van der Waals surface area (Å²) < 4.78 is 1.14. The van der Waals surface area contributed by atoms with E-state index in [1.165, 1.54) is 6.42 Å². The molecule has 3 rings (SSSR count). The minimum atomic E-state index is 0.518. The zero-order valence-corrected chi connectivity index (χ0v) is 10.5. The monoisotopic (exact) mass is 246 g/mol. The second-order valence-corrected chi connectivity index (χ2v) is 5.06. The second-order valence-electron chi connectivity index (χ2n) is 4.14. The van der Waals surface area contributed by atoms with Crippen LogP contribution in [0.3, 0.4) is 0 Å². The third-order valence-electron chi connectivity index (χ3n) is 2.88. The number of hydrogen-bond donors (Lipinski definition) is 2. The lowest BCUT2D eigenvalue weighted by Crippen LogP contribution is -1.91. The molecule has 0 aromatic carbocycles. The number of hydrogen-bond acceptors (Lipinski definition) is 4. The van der Waals surface area contributed by atoms with E-state index < -0.39 is 0 Å². The van der Waals surface area contributed by atoms with E-state index in [9.17, 15) is 0 Å². The molecule has 17 heavy (non-hydrogen) atoms. The first kappa shape index (κ1) is 10.5. The number of anilines is 1. The molecule has 0 aliphatic heterocycles. The van der Waals surface area contributed by atoms with E-state index in [0.717, 1.165) is 39.9 Å². The fraction of sp³-hybridized carbons (Fsp3) is 0.333. The second kappa shape index (κ2) is 4.00. The van der Waals surface area contributed by atoms with Gasteiger partial charge in [-0.15, -0.1) is 11.3 Å². The van der Waals surface area contributed by atoms with Crippen molar-refractivity contribution in [2.75, 3.05) is 5.73 Å². The molecular weight excluding hydrogens is 232 g/mol. The molecule has 3 N–H and O–H groups in total. The first-order chi connectivity index (χ1) is 8.29. The summed E-state index contributed by atoms with van der Waals surface area (Å²) in [5.74, 6) is 1.53. The van der Waals surface area contributed by atoms with Gasteiger partial charge in [0.05, 0.1) is 15.7 Å². The number of imidazole rings is 1. The van der Waals surface area contributed by atoms with E-state index in [2.05, 4.69) is 21.9 Å². The number of fused-ring (bicyclic) bond motifs is 3. The summed E-state index contributed by atoms with van der Waals surface area (Å²) >= 11 is 1.67. The molecule has 0 spiro atoms. The number of aromatic amines is 1. The Morgan fingerprint density at radius 2 is 2.29 bits per heavy atom. The standard InChI is InChI=1S/C12H14N4S/c1-2-3-4-8-15-9-10(16-8)12(13)14-7-5-6-17-11(7)9/h5-6H,2-4H2,1H3,(H2,13,14)(H,15,16). The van der Waals surface area contributed by atoms with Crippen molar-refractivity contribution >= 4 is 38.4 Å². The van der Waals surface area contributed by atoms with E-state index >= 15 is 0 Å². The predicted molar refractivity (Wildman–Crippen MR) is 72.3 cm³/mol. The molecule has 0 radical (unpaired) electrons. The Balaban J connectivity index is 2.22. The summed E-state index contributed by atoms with van der Waals surface area (Å²) in [6, 6.07) is 1.99. The molecule has 0 unspecified atom stereocenters. The Kier molecular flexibility index (Phi) is 2.48. The number of nitrogens with two attached hydrogens (primary N) is 1. The fourth-order valence-corrected chi connectivity index (χ4v) is 2.83. The molecule has 88 valence electrons. The maximum Gasteiger partial charge on any atom is 0.152 e. The van der Waals surface area contributed by atoms with Gasteiger partial charge in [0.2, 0.25) is 0 Å². The van der Waals surface area contributed by atoms with Crippen LogP contribution in [0.4, 0.5) is 5.82 Å². The number of thiophene rings is 1. The summed E-state index contributed by atoms with van der Waals surface area (Å²) in [4.78, 5) is 12.3. The van der Waals surface area contributed by atoms with E-state index in [4.69, 9.17) is 5.73 Å². The molecule has 0 bridgehead atoms. The minimum Gasteiger partial charge on any atom is -0.382 e. The molecule has 3 aromatic heterocycles. The molecule has 0 fully saturated rings.